The summed E-state index contributed by atoms with van der Waals surface area (Å²) in [6.07, 6.45) is 5.94. The molecule has 5 aliphatic heterocycles. The van der Waals surface area contributed by atoms with Crippen LogP contribution in [-0.2, 0) is 45.8 Å². The summed E-state index contributed by atoms with van der Waals surface area (Å²) < 4.78 is 23.9. The van der Waals surface area contributed by atoms with E-state index in [1.807, 2.05) is 50.1 Å². The molecular formula is C46H58N4O9. The number of anilines is 1. The summed E-state index contributed by atoms with van der Waals surface area (Å²) in [5.74, 6) is -1.56. The number of nitrogens with zero attached hydrogens (tertiary/aromatic N) is 3. The predicted molar refractivity (Wildman–Crippen MR) is 220 cm³/mol. The number of carbonyl (C=O) groups excluding carboxylic acids is 3. The minimum absolute atomic E-state index is 0.0986. The number of benzene rings is 2. The quantitative estimate of drug-likeness (QED) is 0.180. The molecule has 2 saturated heterocycles. The Balaban J connectivity index is 1.36. The number of esters is 3. The van der Waals surface area contributed by atoms with Gasteiger partial charge in [-0.25, -0.2) is 4.79 Å². The standard InChI is InChI=1S/C46H58N4O9/c1-8-42(54)23-28-24-45(40(52)57-6,36-30(15-19-49(25-28)26-42)29-13-10-11-14-33(29)47-36)32-21-31-34(22-35(32)56-5)48(4)38-44(31)17-20-50-18-12-16-43(9-2,37(44)50)39(59-27(3)51)46(38,55)41(53)58-7/h10-14,16,21-22,28,37-39,47,54-55H,8-9,15,17-20,23-26H2,1-7H3/t28-,37-,38+,39-,42+,43-,44-,45+,46+/m1/s1. The number of piperidine rings is 1. The zero-order valence-electron chi connectivity index (χ0n) is 35.3. The molecule has 1 spiro atoms. The van der Waals surface area contributed by atoms with Gasteiger partial charge in [0, 0.05) is 90.9 Å². The molecule has 3 fully saturated rings. The number of methoxy groups -OCH3 is 3. The first-order valence-corrected chi connectivity index (χ1v) is 21.2. The average molecular weight is 811 g/mol. The molecule has 1 aliphatic carbocycles. The van der Waals surface area contributed by atoms with Gasteiger partial charge in [0.15, 0.2) is 6.10 Å². The van der Waals surface area contributed by atoms with E-state index in [4.69, 9.17) is 18.9 Å². The molecule has 1 aromatic heterocycles. The van der Waals surface area contributed by atoms with Crippen molar-refractivity contribution in [2.75, 3.05) is 66.0 Å². The Morgan fingerprint density at radius 1 is 0.949 bits per heavy atom. The molecule has 13 nitrogen and oxygen atoms in total. The summed E-state index contributed by atoms with van der Waals surface area (Å²) in [5.41, 5.74) is -1.62. The fourth-order valence-corrected chi connectivity index (χ4v) is 13.5. The number of hydrogen-bond acceptors (Lipinski definition) is 12. The molecule has 0 amide bonds. The van der Waals surface area contributed by atoms with Gasteiger partial charge < -0.3 is 39.0 Å². The van der Waals surface area contributed by atoms with Crippen molar-refractivity contribution in [3.05, 3.63) is 70.9 Å². The fraction of sp³-hybridized carbons (Fsp3) is 0.587. The van der Waals surface area contributed by atoms with Gasteiger partial charge in [0.1, 0.15) is 11.2 Å². The maximum atomic E-state index is 15.3. The lowest BCUT2D eigenvalue weighted by Gasteiger charge is -2.63. The zero-order valence-corrected chi connectivity index (χ0v) is 35.3. The molecule has 10 atom stereocenters. The van der Waals surface area contributed by atoms with Gasteiger partial charge in [0.05, 0.1) is 33.0 Å². The Kier molecular flexibility index (Phi) is 9.36. The van der Waals surface area contributed by atoms with Crippen molar-refractivity contribution in [2.24, 2.45) is 11.3 Å². The summed E-state index contributed by atoms with van der Waals surface area (Å²) in [7, 11) is 6.15. The molecule has 316 valence electrons. The smallest absolute Gasteiger partial charge is 0.344 e. The zero-order chi connectivity index (χ0) is 41.9. The van der Waals surface area contributed by atoms with Crippen LogP contribution in [0.3, 0.4) is 0 Å². The van der Waals surface area contributed by atoms with Crippen LogP contribution in [0.1, 0.15) is 75.3 Å². The van der Waals surface area contributed by atoms with E-state index in [1.54, 1.807) is 7.11 Å². The summed E-state index contributed by atoms with van der Waals surface area (Å²) >= 11 is 0. The number of carbonyl (C=O) groups is 3. The van der Waals surface area contributed by atoms with Crippen molar-refractivity contribution < 1.29 is 43.5 Å². The number of aliphatic hydroxyl groups is 2. The van der Waals surface area contributed by atoms with Gasteiger partial charge in [0.25, 0.3) is 0 Å². The first-order valence-electron chi connectivity index (χ1n) is 21.2. The van der Waals surface area contributed by atoms with Crippen molar-refractivity contribution in [3.63, 3.8) is 0 Å². The van der Waals surface area contributed by atoms with Crippen LogP contribution in [0.2, 0.25) is 0 Å². The Hall–Kier alpha value is -4.43. The Labute approximate surface area is 345 Å². The third kappa shape index (κ3) is 5.20. The molecule has 13 heteroatoms. The number of fused-ring (bicyclic) bond motifs is 6. The van der Waals surface area contributed by atoms with E-state index in [0.717, 1.165) is 33.4 Å². The summed E-state index contributed by atoms with van der Waals surface area (Å²) in [4.78, 5) is 53.2. The maximum Gasteiger partial charge on any atom is 0.344 e. The van der Waals surface area contributed by atoms with E-state index in [0.29, 0.717) is 82.6 Å². The highest BCUT2D eigenvalue weighted by Gasteiger charge is 2.80. The summed E-state index contributed by atoms with van der Waals surface area (Å²) in [6, 6.07) is 11.0. The SMILES string of the molecule is CC[C@]1(O)C[C@H]2CN(CCc3c([nH]c4ccccc34)[C@@](C(=O)OC)(c3cc4c(cc3OC)N(C)[C@@H]3[C@@](O)(C(=O)OC)[C@H](OC(C)=O)[C@]5(CC)C=CCN6CC[C@]43[C@H]65)C2)C1. The third-order valence-electron chi connectivity index (χ3n) is 15.6. The first kappa shape index (κ1) is 40.0. The molecule has 0 radical (unpaired) electrons. The van der Waals surface area contributed by atoms with Gasteiger partial charge in [0.2, 0.25) is 5.60 Å². The fourth-order valence-electron chi connectivity index (χ4n) is 13.5. The van der Waals surface area contributed by atoms with Crippen molar-refractivity contribution in [3.8, 4) is 5.75 Å². The number of hydrogen-bond donors (Lipinski definition) is 3. The number of para-hydroxylation sites is 1. The molecule has 2 aromatic carbocycles. The van der Waals surface area contributed by atoms with E-state index in [9.17, 15) is 19.8 Å². The number of nitrogens with one attached hydrogen (secondary N) is 1. The topological polar surface area (TPSA) is 154 Å². The van der Waals surface area contributed by atoms with E-state index < -0.39 is 57.5 Å². The van der Waals surface area contributed by atoms with Crippen LogP contribution in [0.25, 0.3) is 10.9 Å². The minimum Gasteiger partial charge on any atom is -0.496 e. The van der Waals surface area contributed by atoms with Crippen molar-refractivity contribution in [1.82, 2.24) is 14.8 Å². The molecule has 1 unspecified atom stereocenters. The lowest BCUT2D eigenvalue weighted by atomic mass is 9.47. The highest BCUT2D eigenvalue weighted by atomic mass is 16.6. The van der Waals surface area contributed by atoms with Crippen LogP contribution < -0.4 is 9.64 Å². The van der Waals surface area contributed by atoms with E-state index in [2.05, 4.69) is 39.1 Å². The number of aromatic amines is 1. The van der Waals surface area contributed by atoms with Gasteiger partial charge in [-0.1, -0.05) is 44.2 Å². The second-order valence-electron chi connectivity index (χ2n) is 18.2. The number of rotatable bonds is 7. The molecule has 3 aromatic rings. The van der Waals surface area contributed by atoms with Crippen molar-refractivity contribution in [2.45, 2.75) is 99.5 Å². The molecule has 2 bridgehead atoms. The highest BCUT2D eigenvalue weighted by Crippen LogP contribution is 2.68. The summed E-state index contributed by atoms with van der Waals surface area (Å²) in [6.45, 7) is 8.62. The number of H-pyrrole nitrogens is 1. The van der Waals surface area contributed by atoms with E-state index in [-0.39, 0.29) is 12.0 Å². The third-order valence-corrected chi connectivity index (χ3v) is 15.6. The maximum absolute atomic E-state index is 15.3. The largest absolute Gasteiger partial charge is 0.496 e. The Morgan fingerprint density at radius 2 is 1.71 bits per heavy atom. The molecule has 6 aliphatic rings. The van der Waals surface area contributed by atoms with E-state index >= 15 is 4.79 Å². The lowest BCUT2D eigenvalue weighted by Crippen LogP contribution is -2.81. The van der Waals surface area contributed by atoms with E-state index in [1.165, 1.54) is 21.1 Å². The molecule has 3 N–H and O–H groups in total. The molecule has 59 heavy (non-hydrogen) atoms. The molecular weight excluding hydrogens is 753 g/mol. The molecule has 9 rings (SSSR count). The monoisotopic (exact) mass is 810 g/mol. The Bertz CT molecular complexity index is 2260. The second-order valence-corrected chi connectivity index (χ2v) is 18.2. The van der Waals surface area contributed by atoms with Crippen LogP contribution in [0.5, 0.6) is 5.75 Å². The highest BCUT2D eigenvalue weighted by molar-refractivity contribution is 5.95. The van der Waals surface area contributed by atoms with Gasteiger partial charge in [-0.2, -0.15) is 0 Å². The summed E-state index contributed by atoms with van der Waals surface area (Å²) in [5, 5.41) is 26.3. The van der Waals surface area contributed by atoms with Gasteiger partial charge in [-0.15, -0.1) is 0 Å². The molecule has 1 saturated carbocycles. The van der Waals surface area contributed by atoms with Gasteiger partial charge >= 0.3 is 17.9 Å². The normalized spacial score (nSPS) is 37.0. The number of ether oxygens (including phenoxy) is 4. The first-order chi connectivity index (χ1) is 28.2. The molecule has 6 heterocycles. The minimum atomic E-state index is -2.30. The van der Waals surface area contributed by atoms with Crippen LogP contribution in [-0.4, -0.2) is 133 Å². The van der Waals surface area contributed by atoms with Gasteiger partial charge in [-0.3, -0.25) is 19.4 Å². The second kappa shape index (κ2) is 13.8. The number of aromatic nitrogens is 1. The average Bonchev–Trinajstić information content (AvgIpc) is 3.90. The van der Waals surface area contributed by atoms with Crippen molar-refractivity contribution >= 4 is 34.5 Å². The van der Waals surface area contributed by atoms with Crippen LogP contribution in [0.15, 0.2) is 48.6 Å². The van der Waals surface area contributed by atoms with Crippen LogP contribution in [0.4, 0.5) is 5.69 Å². The number of likely N-dealkylation sites (N-methyl/N-ethyl adjacent to an activating group) is 1. The van der Waals surface area contributed by atoms with Crippen LogP contribution >= 0.6 is 0 Å². The van der Waals surface area contributed by atoms with Gasteiger partial charge in [-0.05, 0) is 74.2 Å². The Morgan fingerprint density at radius 3 is 2.41 bits per heavy atom. The lowest BCUT2D eigenvalue weighted by molar-refractivity contribution is -0.228. The predicted octanol–water partition coefficient (Wildman–Crippen LogP) is 3.99. The van der Waals surface area contributed by atoms with Crippen LogP contribution in [0, 0.1) is 11.3 Å². The van der Waals surface area contributed by atoms with Crippen molar-refractivity contribution in [1.29, 1.82) is 0 Å².